The first-order valence-electron chi connectivity index (χ1n) is 10.7. The Bertz CT molecular complexity index is 1250. The van der Waals surface area contributed by atoms with E-state index in [9.17, 15) is 9.59 Å². The third-order valence-electron chi connectivity index (χ3n) is 5.75. The number of ether oxygens (including phenoxy) is 2. The fraction of sp³-hybridized carbons (Fsp3) is 0.250. The topological polar surface area (TPSA) is 96.9 Å². The standard InChI is InChI=1S/C24H23N5O4/c1-3-29-21-18(23(30)28(2)20-5-4-9-25-22(20)29)11-15(13-26-21)8-10-32-17-6-7-19-16(12-17)14-33-24(31)27-19/h4-7,9,11-13H,3,8,10,14H2,1-2H3,(H,27,31). The molecule has 0 unspecified atom stereocenters. The quantitative estimate of drug-likeness (QED) is 0.636. The summed E-state index contributed by atoms with van der Waals surface area (Å²) < 4.78 is 10.9. The van der Waals surface area contributed by atoms with Crippen LogP contribution in [0.25, 0.3) is 0 Å². The lowest BCUT2D eigenvalue weighted by Crippen LogP contribution is -2.25. The second-order valence-electron chi connectivity index (χ2n) is 7.79. The lowest BCUT2D eigenvalue weighted by atomic mass is 10.1. The molecule has 1 aromatic carbocycles. The van der Waals surface area contributed by atoms with E-state index in [1.54, 1.807) is 30.4 Å². The molecule has 0 aliphatic carbocycles. The van der Waals surface area contributed by atoms with Crippen molar-refractivity contribution in [2.45, 2.75) is 20.0 Å². The highest BCUT2D eigenvalue weighted by Gasteiger charge is 2.30. The predicted molar refractivity (Wildman–Crippen MR) is 123 cm³/mol. The first kappa shape index (κ1) is 20.7. The monoisotopic (exact) mass is 445 g/mol. The van der Waals surface area contributed by atoms with Crippen LogP contribution in [-0.4, -0.2) is 42.2 Å². The maximum Gasteiger partial charge on any atom is 0.411 e. The summed E-state index contributed by atoms with van der Waals surface area (Å²) in [6, 6.07) is 11.1. The number of carbonyl (C=O) groups excluding carboxylic acids is 2. The summed E-state index contributed by atoms with van der Waals surface area (Å²) in [5.74, 6) is 1.88. The number of hydrogen-bond donors (Lipinski definition) is 1. The molecule has 2 aliphatic rings. The van der Waals surface area contributed by atoms with Gasteiger partial charge in [0.1, 0.15) is 18.2 Å². The van der Waals surface area contributed by atoms with Crippen LogP contribution >= 0.6 is 0 Å². The molecule has 0 saturated heterocycles. The van der Waals surface area contributed by atoms with Crippen LogP contribution in [0.15, 0.2) is 48.8 Å². The summed E-state index contributed by atoms with van der Waals surface area (Å²) in [7, 11) is 1.75. The van der Waals surface area contributed by atoms with Crippen molar-refractivity contribution >= 4 is 35.0 Å². The Morgan fingerprint density at radius 2 is 2.03 bits per heavy atom. The minimum absolute atomic E-state index is 0.123. The molecule has 4 heterocycles. The van der Waals surface area contributed by atoms with Crippen molar-refractivity contribution in [1.29, 1.82) is 0 Å². The van der Waals surface area contributed by atoms with Crippen molar-refractivity contribution in [1.82, 2.24) is 9.97 Å². The molecule has 9 nitrogen and oxygen atoms in total. The zero-order valence-electron chi connectivity index (χ0n) is 18.4. The normalized spacial score (nSPS) is 14.5. The molecule has 3 aromatic rings. The molecule has 2 aromatic heterocycles. The fourth-order valence-electron chi connectivity index (χ4n) is 4.04. The van der Waals surface area contributed by atoms with Gasteiger partial charge in [-0.05, 0) is 48.9 Å². The minimum atomic E-state index is -0.451. The molecular formula is C24H23N5O4. The number of carbonyl (C=O) groups is 2. The largest absolute Gasteiger partial charge is 0.493 e. The van der Waals surface area contributed by atoms with Gasteiger partial charge in [0.25, 0.3) is 5.91 Å². The highest BCUT2D eigenvalue weighted by molar-refractivity contribution is 6.12. The van der Waals surface area contributed by atoms with E-state index in [0.717, 1.165) is 22.5 Å². The Morgan fingerprint density at radius 3 is 2.88 bits per heavy atom. The van der Waals surface area contributed by atoms with Gasteiger partial charge in [-0.1, -0.05) is 0 Å². The van der Waals surface area contributed by atoms with Crippen LogP contribution in [0.3, 0.4) is 0 Å². The van der Waals surface area contributed by atoms with Gasteiger partial charge >= 0.3 is 6.09 Å². The zero-order chi connectivity index (χ0) is 22.9. The van der Waals surface area contributed by atoms with Crippen LogP contribution in [0, 0.1) is 0 Å². The minimum Gasteiger partial charge on any atom is -0.493 e. The molecule has 1 N–H and O–H groups in total. The average molecular weight is 445 g/mol. The number of anilines is 4. The molecule has 0 spiro atoms. The number of amides is 2. The van der Waals surface area contributed by atoms with E-state index in [1.807, 2.05) is 42.2 Å². The van der Waals surface area contributed by atoms with Crippen molar-refractivity contribution in [3.8, 4) is 5.75 Å². The van der Waals surface area contributed by atoms with E-state index in [2.05, 4.69) is 15.3 Å². The number of cyclic esters (lactones) is 1. The summed E-state index contributed by atoms with van der Waals surface area (Å²) in [5.41, 5.74) is 3.78. The van der Waals surface area contributed by atoms with Crippen LogP contribution in [0.5, 0.6) is 5.75 Å². The summed E-state index contributed by atoms with van der Waals surface area (Å²) in [6.07, 6.45) is 3.63. The highest BCUT2D eigenvalue weighted by atomic mass is 16.5. The van der Waals surface area contributed by atoms with Gasteiger partial charge in [-0.25, -0.2) is 14.8 Å². The summed E-state index contributed by atoms with van der Waals surface area (Å²) in [6.45, 7) is 3.27. The van der Waals surface area contributed by atoms with Gasteiger partial charge in [0.15, 0.2) is 5.82 Å². The maximum atomic E-state index is 13.2. The Kier molecular flexibility index (Phi) is 5.29. The van der Waals surface area contributed by atoms with E-state index in [-0.39, 0.29) is 12.5 Å². The van der Waals surface area contributed by atoms with Gasteiger partial charge < -0.3 is 19.3 Å². The Morgan fingerprint density at radius 1 is 1.15 bits per heavy atom. The summed E-state index contributed by atoms with van der Waals surface area (Å²) in [5, 5.41) is 2.66. The fourth-order valence-corrected chi connectivity index (χ4v) is 4.04. The number of rotatable bonds is 5. The van der Waals surface area contributed by atoms with E-state index in [0.29, 0.717) is 42.5 Å². The first-order valence-corrected chi connectivity index (χ1v) is 10.7. The third kappa shape index (κ3) is 3.82. The number of fused-ring (bicyclic) bond motifs is 3. The van der Waals surface area contributed by atoms with Crippen LogP contribution in [0.1, 0.15) is 28.4 Å². The van der Waals surface area contributed by atoms with Crippen molar-refractivity contribution in [2.24, 2.45) is 0 Å². The van der Waals surface area contributed by atoms with Crippen LogP contribution < -0.4 is 19.9 Å². The molecule has 0 atom stereocenters. The van der Waals surface area contributed by atoms with Gasteiger partial charge in [-0.2, -0.15) is 0 Å². The molecule has 5 rings (SSSR count). The number of hydrogen-bond acceptors (Lipinski definition) is 7. The highest BCUT2D eigenvalue weighted by Crippen LogP contribution is 2.37. The first-order chi connectivity index (χ1) is 16.0. The van der Waals surface area contributed by atoms with Crippen LogP contribution in [-0.2, 0) is 17.8 Å². The second-order valence-corrected chi connectivity index (χ2v) is 7.79. The summed E-state index contributed by atoms with van der Waals surface area (Å²) in [4.78, 5) is 37.2. The van der Waals surface area contributed by atoms with Gasteiger partial charge in [0.2, 0.25) is 0 Å². The second kappa shape index (κ2) is 8.42. The van der Waals surface area contributed by atoms with Crippen LogP contribution in [0.4, 0.5) is 27.8 Å². The molecule has 168 valence electrons. The SMILES string of the molecule is CCN1c2ncc(CCOc3ccc4c(c3)COC(=O)N4)cc2C(=O)N(C)c2cccnc21. The lowest BCUT2D eigenvalue weighted by molar-refractivity contribution is 0.0993. The van der Waals surface area contributed by atoms with E-state index in [1.165, 1.54) is 0 Å². The predicted octanol–water partition coefficient (Wildman–Crippen LogP) is 3.91. The van der Waals surface area contributed by atoms with Crippen molar-refractivity contribution < 1.29 is 19.1 Å². The van der Waals surface area contributed by atoms with E-state index < -0.39 is 6.09 Å². The zero-order valence-corrected chi connectivity index (χ0v) is 18.4. The third-order valence-corrected chi connectivity index (χ3v) is 5.75. The van der Waals surface area contributed by atoms with E-state index in [4.69, 9.17) is 9.47 Å². The van der Waals surface area contributed by atoms with Crippen molar-refractivity contribution in [2.75, 3.05) is 35.3 Å². The van der Waals surface area contributed by atoms with Gasteiger partial charge in [-0.15, -0.1) is 0 Å². The van der Waals surface area contributed by atoms with Crippen molar-refractivity contribution in [3.63, 3.8) is 0 Å². The Labute approximate surface area is 191 Å². The molecule has 33 heavy (non-hydrogen) atoms. The molecule has 2 aliphatic heterocycles. The summed E-state index contributed by atoms with van der Waals surface area (Å²) >= 11 is 0. The molecule has 0 bridgehead atoms. The average Bonchev–Trinajstić information content (AvgIpc) is 2.92. The number of nitrogens with one attached hydrogen (secondary N) is 1. The molecule has 0 fully saturated rings. The molecule has 9 heteroatoms. The molecular weight excluding hydrogens is 422 g/mol. The maximum absolute atomic E-state index is 13.2. The number of nitrogens with zero attached hydrogens (tertiary/aromatic N) is 4. The smallest absolute Gasteiger partial charge is 0.411 e. The number of pyridine rings is 2. The Hall–Kier alpha value is -4.14. The Balaban J connectivity index is 1.34. The van der Waals surface area contributed by atoms with Crippen LogP contribution in [0.2, 0.25) is 0 Å². The molecule has 0 saturated carbocycles. The number of benzene rings is 1. The lowest BCUT2D eigenvalue weighted by Gasteiger charge is -2.22. The number of aromatic nitrogens is 2. The van der Waals surface area contributed by atoms with Gasteiger partial charge in [0.05, 0.1) is 23.5 Å². The van der Waals surface area contributed by atoms with Gasteiger partial charge in [-0.3, -0.25) is 10.1 Å². The van der Waals surface area contributed by atoms with Crippen molar-refractivity contribution in [3.05, 3.63) is 65.5 Å². The van der Waals surface area contributed by atoms with E-state index >= 15 is 0 Å². The molecule has 0 radical (unpaired) electrons. The van der Waals surface area contributed by atoms with Gasteiger partial charge in [0, 0.05) is 38.0 Å². The molecule has 2 amide bonds.